The second-order valence-corrected chi connectivity index (χ2v) is 6.37. The van der Waals surface area contributed by atoms with Crippen molar-refractivity contribution in [2.24, 2.45) is 0 Å². The number of rotatable bonds is 4. The number of hydrogen-bond acceptors (Lipinski definition) is 3. The Kier molecular flexibility index (Phi) is 5.07. The molecule has 0 heterocycles. The fourth-order valence-electron chi connectivity index (χ4n) is 2.54. The van der Waals surface area contributed by atoms with Gasteiger partial charge in [0.05, 0.1) is 6.61 Å². The van der Waals surface area contributed by atoms with Crippen LogP contribution in [-0.4, -0.2) is 15.0 Å². The first-order chi connectivity index (χ1) is 9.63. The van der Waals surface area contributed by atoms with Crippen LogP contribution in [0.1, 0.15) is 17.8 Å². The Bertz CT molecular complexity index is 810. The Balaban J connectivity index is 0.00000121. The predicted octanol–water partition coefficient (Wildman–Crippen LogP) is 0.557. The third-order valence-electron chi connectivity index (χ3n) is 3.39. The van der Waals surface area contributed by atoms with Crippen LogP contribution in [0.4, 0.5) is 0 Å². The molecule has 2 aromatic rings. The minimum atomic E-state index is -3.69. The molecular weight excluding hydrogens is 295 g/mol. The van der Waals surface area contributed by atoms with Gasteiger partial charge in [-0.3, -0.25) is 4.18 Å². The molecule has 5 heteroatoms. The summed E-state index contributed by atoms with van der Waals surface area (Å²) in [7, 11) is -3.69. The van der Waals surface area contributed by atoms with Crippen molar-refractivity contribution in [1.29, 1.82) is 0 Å². The van der Waals surface area contributed by atoms with Crippen molar-refractivity contribution in [3.63, 3.8) is 0 Å². The van der Waals surface area contributed by atoms with Crippen molar-refractivity contribution < 1.29 is 43.6 Å². The van der Waals surface area contributed by atoms with E-state index in [1.807, 2.05) is 42.5 Å². The van der Waals surface area contributed by atoms with Crippen LogP contribution in [0.5, 0.6) is 0 Å². The Morgan fingerprint density at radius 1 is 1.24 bits per heavy atom. The van der Waals surface area contributed by atoms with E-state index in [1.165, 1.54) is 6.08 Å². The summed E-state index contributed by atoms with van der Waals surface area (Å²) >= 11 is 0. The Labute approximate surface area is 148 Å². The van der Waals surface area contributed by atoms with Crippen molar-refractivity contribution in [1.82, 2.24) is 0 Å². The maximum absolute atomic E-state index is 12.3. The minimum Gasteiger partial charge on any atom is -1.00 e. The van der Waals surface area contributed by atoms with Gasteiger partial charge in [-0.15, -0.1) is 6.58 Å². The zero-order valence-corrected chi connectivity index (χ0v) is 14.6. The van der Waals surface area contributed by atoms with Gasteiger partial charge in [0, 0.05) is 0 Å². The first kappa shape index (κ1) is 16.5. The molecule has 0 aliphatic heterocycles. The molecule has 1 aliphatic carbocycles. The summed E-state index contributed by atoms with van der Waals surface area (Å²) in [5.41, 5.74) is 1.80. The quantitative estimate of drug-likeness (QED) is 0.471. The van der Waals surface area contributed by atoms with Crippen molar-refractivity contribution in [3.05, 3.63) is 66.3 Å². The normalized spacial score (nSPS) is 16.5. The molecule has 0 saturated carbocycles. The Morgan fingerprint density at radius 2 is 1.95 bits per heavy atom. The van der Waals surface area contributed by atoms with E-state index in [0.29, 0.717) is 0 Å². The summed E-state index contributed by atoms with van der Waals surface area (Å²) < 4.78 is 29.5. The second-order valence-electron chi connectivity index (χ2n) is 4.64. The zero-order chi connectivity index (χ0) is 14.2. The molecule has 21 heavy (non-hydrogen) atoms. The molecule has 2 aromatic carbocycles. The fraction of sp³-hybridized carbons (Fsp3) is 0.125. The summed E-state index contributed by atoms with van der Waals surface area (Å²) in [6.45, 7) is 3.47. The van der Waals surface area contributed by atoms with E-state index in [4.69, 9.17) is 4.18 Å². The van der Waals surface area contributed by atoms with E-state index >= 15 is 0 Å². The average molecular weight is 310 g/mol. The third-order valence-corrected chi connectivity index (χ3v) is 4.89. The first-order valence-electron chi connectivity index (χ1n) is 6.32. The summed E-state index contributed by atoms with van der Waals surface area (Å²) in [6.07, 6.45) is 4.95. The van der Waals surface area contributed by atoms with E-state index in [-0.39, 0.29) is 37.6 Å². The molecule has 0 fully saturated rings. The van der Waals surface area contributed by atoms with Gasteiger partial charge in [0.2, 0.25) is 0 Å². The monoisotopic (exact) mass is 310 g/mol. The number of benzene rings is 2. The van der Waals surface area contributed by atoms with Crippen molar-refractivity contribution in [2.45, 2.75) is 5.25 Å². The summed E-state index contributed by atoms with van der Waals surface area (Å²) in [5, 5.41) is 1.25. The molecule has 0 radical (unpaired) electrons. The van der Waals surface area contributed by atoms with Gasteiger partial charge < -0.3 is 1.43 Å². The molecule has 0 spiro atoms. The molecule has 3 nitrogen and oxygen atoms in total. The molecule has 3 rings (SSSR count). The molecule has 0 aromatic heterocycles. The average Bonchev–Trinajstić information content (AvgIpc) is 2.46. The topological polar surface area (TPSA) is 43.4 Å². The molecule has 0 N–H and O–H groups in total. The van der Waals surface area contributed by atoms with Crippen LogP contribution in [0, 0.1) is 0 Å². The maximum Gasteiger partial charge on any atom is 1.00 e. The predicted molar refractivity (Wildman–Crippen MR) is 81.9 cm³/mol. The van der Waals surface area contributed by atoms with Gasteiger partial charge in [-0.25, -0.2) is 0 Å². The molecule has 0 bridgehead atoms. The van der Waals surface area contributed by atoms with E-state index in [2.05, 4.69) is 6.58 Å². The second kappa shape index (κ2) is 6.46. The Hall–Kier alpha value is -0.910. The molecule has 1 atom stereocenters. The first-order valence-corrected chi connectivity index (χ1v) is 7.79. The van der Waals surface area contributed by atoms with Gasteiger partial charge in [0.15, 0.2) is 0 Å². The smallest absolute Gasteiger partial charge is 1.00 e. The van der Waals surface area contributed by atoms with E-state index in [0.717, 1.165) is 21.9 Å². The minimum absolute atomic E-state index is 0. The number of hydrogen-bond donors (Lipinski definition) is 0. The van der Waals surface area contributed by atoms with Gasteiger partial charge in [0.25, 0.3) is 10.1 Å². The molecule has 0 amide bonds. The van der Waals surface area contributed by atoms with Gasteiger partial charge in [-0.1, -0.05) is 54.6 Å². The molecule has 1 aliphatic rings. The summed E-state index contributed by atoms with van der Waals surface area (Å²) in [4.78, 5) is 0. The SMILES string of the molecule is C=CCOS(=O)(=O)C1C=Cc2cccc3cccc1c23.[H-].[Na+]. The van der Waals surface area contributed by atoms with E-state index < -0.39 is 15.4 Å². The molecular formula is C16H15NaO3S. The van der Waals surface area contributed by atoms with Crippen molar-refractivity contribution >= 4 is 27.0 Å². The van der Waals surface area contributed by atoms with Crippen LogP contribution in [0.25, 0.3) is 16.8 Å². The van der Waals surface area contributed by atoms with Gasteiger partial charge >= 0.3 is 29.6 Å². The van der Waals surface area contributed by atoms with Crippen molar-refractivity contribution in [3.8, 4) is 0 Å². The standard InChI is InChI=1S/C16H14O3S.Na.H/c1-2-11-19-20(17,18)15-10-9-13-6-3-5-12-7-4-8-14(15)16(12)13;;/h2-10,15H,1,11H2;;/q;+1;-1. The van der Waals surface area contributed by atoms with Gasteiger partial charge in [0.1, 0.15) is 5.25 Å². The van der Waals surface area contributed by atoms with Crippen LogP contribution >= 0.6 is 0 Å². The van der Waals surface area contributed by atoms with E-state index in [9.17, 15) is 8.42 Å². The molecule has 104 valence electrons. The van der Waals surface area contributed by atoms with Crippen LogP contribution in [-0.2, 0) is 14.3 Å². The van der Waals surface area contributed by atoms with Crippen molar-refractivity contribution in [2.75, 3.05) is 6.61 Å². The third kappa shape index (κ3) is 3.00. The fourth-order valence-corrected chi connectivity index (χ4v) is 3.75. The van der Waals surface area contributed by atoms with Gasteiger partial charge in [-0.2, -0.15) is 8.42 Å². The van der Waals surface area contributed by atoms with Crippen LogP contribution in [0.3, 0.4) is 0 Å². The van der Waals surface area contributed by atoms with Crippen LogP contribution in [0.15, 0.2) is 55.1 Å². The zero-order valence-electron chi connectivity index (χ0n) is 12.8. The summed E-state index contributed by atoms with van der Waals surface area (Å²) in [6, 6.07) is 11.6. The maximum atomic E-state index is 12.3. The molecule has 1 unspecified atom stereocenters. The van der Waals surface area contributed by atoms with Gasteiger partial charge in [-0.05, 0) is 21.9 Å². The largest absolute Gasteiger partial charge is 1.00 e. The van der Waals surface area contributed by atoms with Crippen LogP contribution < -0.4 is 29.6 Å². The van der Waals surface area contributed by atoms with Crippen LogP contribution in [0.2, 0.25) is 0 Å². The molecule has 0 saturated heterocycles. The Morgan fingerprint density at radius 3 is 2.67 bits per heavy atom. The van der Waals surface area contributed by atoms with E-state index in [1.54, 1.807) is 6.08 Å². The summed E-state index contributed by atoms with van der Waals surface area (Å²) in [5.74, 6) is 0.